The third-order valence-corrected chi connectivity index (χ3v) is 5.78. The predicted octanol–water partition coefficient (Wildman–Crippen LogP) is 5.32. The van der Waals surface area contributed by atoms with E-state index in [2.05, 4.69) is 37.5 Å². The van der Waals surface area contributed by atoms with Crippen molar-refractivity contribution in [2.75, 3.05) is 26.7 Å². The van der Waals surface area contributed by atoms with Crippen molar-refractivity contribution in [2.45, 2.75) is 71.6 Å². The molecule has 0 spiro atoms. The van der Waals surface area contributed by atoms with Gasteiger partial charge in [0.1, 0.15) is 5.76 Å². The van der Waals surface area contributed by atoms with E-state index in [1.165, 1.54) is 22.4 Å². The van der Waals surface area contributed by atoms with Crippen molar-refractivity contribution in [3.8, 4) is 0 Å². The maximum absolute atomic E-state index is 14.3. The van der Waals surface area contributed by atoms with Crippen LogP contribution in [0.1, 0.15) is 65.7 Å². The average molecular weight is 383 g/mol. The smallest absolute Gasteiger partial charge is 0.252 e. The zero-order valence-electron chi connectivity index (χ0n) is 17.4. The molecule has 27 heavy (non-hydrogen) atoms. The van der Waals surface area contributed by atoms with Gasteiger partial charge in [0.15, 0.2) is 0 Å². The van der Waals surface area contributed by atoms with Crippen molar-refractivity contribution >= 4 is 0 Å². The van der Waals surface area contributed by atoms with E-state index in [1.54, 1.807) is 7.11 Å². The van der Waals surface area contributed by atoms with Crippen molar-refractivity contribution in [3.05, 3.63) is 34.3 Å². The van der Waals surface area contributed by atoms with Crippen LogP contribution in [0.5, 0.6) is 0 Å². The van der Waals surface area contributed by atoms with Crippen LogP contribution in [0.25, 0.3) is 0 Å². The van der Waals surface area contributed by atoms with Gasteiger partial charge in [-0.1, -0.05) is 5.57 Å². The number of rotatable bonds is 9. The van der Waals surface area contributed by atoms with Gasteiger partial charge in [-0.25, -0.2) is 8.78 Å². The lowest BCUT2D eigenvalue weighted by atomic mass is 9.93. The topological polar surface area (TPSA) is 33.3 Å². The van der Waals surface area contributed by atoms with Crippen molar-refractivity contribution in [1.82, 2.24) is 10.6 Å². The molecule has 1 fully saturated rings. The number of allylic oxidation sites excluding steroid dienone is 5. The van der Waals surface area contributed by atoms with Crippen molar-refractivity contribution in [3.63, 3.8) is 0 Å². The zero-order valence-corrected chi connectivity index (χ0v) is 17.4. The number of ether oxygens (including phenoxy) is 1. The lowest BCUT2D eigenvalue weighted by molar-refractivity contribution is -0.0597. The summed E-state index contributed by atoms with van der Waals surface area (Å²) in [6.07, 6.45) is 6.95. The molecule has 0 aromatic heterocycles. The van der Waals surface area contributed by atoms with Crippen LogP contribution in [0.3, 0.4) is 0 Å². The molecule has 0 amide bonds. The van der Waals surface area contributed by atoms with Gasteiger partial charge in [0, 0.05) is 36.7 Å². The van der Waals surface area contributed by atoms with Crippen LogP contribution in [0.15, 0.2) is 34.3 Å². The van der Waals surface area contributed by atoms with Gasteiger partial charge in [-0.3, -0.25) is 0 Å². The fourth-order valence-electron chi connectivity index (χ4n) is 3.93. The summed E-state index contributed by atoms with van der Waals surface area (Å²) in [7, 11) is 1.71. The minimum Gasteiger partial charge on any atom is -0.496 e. The fourth-order valence-corrected chi connectivity index (χ4v) is 3.93. The third kappa shape index (κ3) is 6.34. The number of methoxy groups -OCH3 is 1. The quantitative estimate of drug-likeness (QED) is 0.322. The first kappa shape index (κ1) is 21.9. The van der Waals surface area contributed by atoms with E-state index in [9.17, 15) is 8.78 Å². The van der Waals surface area contributed by atoms with E-state index in [0.29, 0.717) is 19.4 Å². The van der Waals surface area contributed by atoms with Crippen LogP contribution in [-0.4, -0.2) is 32.7 Å². The maximum Gasteiger partial charge on any atom is 0.252 e. The van der Waals surface area contributed by atoms with Gasteiger partial charge in [0.2, 0.25) is 0 Å². The number of nitrogens with one attached hydrogen (secondary N) is 2. The van der Waals surface area contributed by atoms with Crippen molar-refractivity contribution < 1.29 is 13.5 Å². The Hall–Kier alpha value is -1.36. The number of hydrogen-bond donors (Lipinski definition) is 2. The molecule has 0 aromatic carbocycles. The third-order valence-electron chi connectivity index (χ3n) is 5.78. The molecule has 1 atom stereocenters. The van der Waals surface area contributed by atoms with E-state index in [4.69, 9.17) is 4.74 Å². The molecule has 0 bridgehead atoms. The van der Waals surface area contributed by atoms with Crippen molar-refractivity contribution in [1.29, 1.82) is 0 Å². The second-order valence-corrected chi connectivity index (χ2v) is 8.03. The Morgan fingerprint density at radius 2 is 2.04 bits per heavy atom. The Morgan fingerprint density at radius 3 is 2.63 bits per heavy atom. The van der Waals surface area contributed by atoms with Gasteiger partial charge in [0.05, 0.1) is 7.11 Å². The molecular weight excluding hydrogens is 346 g/mol. The first-order valence-corrected chi connectivity index (χ1v) is 10.3. The molecule has 2 heterocycles. The highest BCUT2D eigenvalue weighted by Gasteiger charge is 2.40. The summed E-state index contributed by atoms with van der Waals surface area (Å²) in [4.78, 5) is 0. The zero-order chi connectivity index (χ0) is 19.9. The van der Waals surface area contributed by atoms with Crippen LogP contribution >= 0.6 is 0 Å². The van der Waals surface area contributed by atoms with Crippen LogP contribution in [-0.2, 0) is 4.74 Å². The van der Waals surface area contributed by atoms with Gasteiger partial charge < -0.3 is 15.4 Å². The maximum atomic E-state index is 14.3. The summed E-state index contributed by atoms with van der Waals surface area (Å²) in [6.45, 7) is 8.43. The van der Waals surface area contributed by atoms with E-state index in [-0.39, 0.29) is 6.42 Å². The lowest BCUT2D eigenvalue weighted by Gasteiger charge is -2.23. The highest BCUT2D eigenvalue weighted by Crippen LogP contribution is 2.34. The molecule has 0 aliphatic carbocycles. The Morgan fingerprint density at radius 1 is 1.26 bits per heavy atom. The molecule has 2 aliphatic rings. The second-order valence-electron chi connectivity index (χ2n) is 8.03. The highest BCUT2D eigenvalue weighted by molar-refractivity contribution is 5.38. The average Bonchev–Trinajstić information content (AvgIpc) is 3.17. The van der Waals surface area contributed by atoms with Crippen LogP contribution < -0.4 is 10.6 Å². The second kappa shape index (κ2) is 10.3. The Bertz CT molecular complexity index is 583. The lowest BCUT2D eigenvalue weighted by Crippen LogP contribution is -2.29. The number of alkyl halides is 2. The minimum absolute atomic E-state index is 0.00951. The van der Waals surface area contributed by atoms with E-state index in [1.807, 2.05) is 0 Å². The molecular formula is C22H36F2N2O. The summed E-state index contributed by atoms with van der Waals surface area (Å²) in [6, 6.07) is 0. The van der Waals surface area contributed by atoms with Gasteiger partial charge in [-0.15, -0.1) is 0 Å². The molecule has 0 aromatic rings. The molecule has 0 saturated carbocycles. The SMILES string of the molecule is CO/C(=C/C(CCCCC(F)(F)C1CCNC1)=C(C)C)C1=C(C)NCCC1. The standard InChI is InChI=1S/C22H36F2N2O/c1-16(2)18(14-21(27-4)20-9-7-12-26-17(20)3)8-5-6-11-22(23,24)19-10-13-25-15-19/h14,19,25-26H,5-13,15H2,1-4H3/b21-14+. The Balaban J connectivity index is 1.94. The summed E-state index contributed by atoms with van der Waals surface area (Å²) in [5, 5.41) is 6.45. The monoisotopic (exact) mass is 382 g/mol. The first-order chi connectivity index (χ1) is 12.8. The molecule has 0 radical (unpaired) electrons. The highest BCUT2D eigenvalue weighted by atomic mass is 19.3. The number of hydrogen-bond acceptors (Lipinski definition) is 3. The Labute approximate surface area is 163 Å². The largest absolute Gasteiger partial charge is 0.496 e. The summed E-state index contributed by atoms with van der Waals surface area (Å²) >= 11 is 0. The number of halogens is 2. The van der Waals surface area contributed by atoms with Gasteiger partial charge in [-0.05, 0) is 77.5 Å². The molecule has 1 unspecified atom stereocenters. The first-order valence-electron chi connectivity index (χ1n) is 10.3. The molecule has 2 rings (SSSR count). The summed E-state index contributed by atoms with van der Waals surface area (Å²) < 4.78 is 34.2. The van der Waals surface area contributed by atoms with Gasteiger partial charge >= 0.3 is 0 Å². The van der Waals surface area contributed by atoms with E-state index < -0.39 is 11.8 Å². The van der Waals surface area contributed by atoms with Crippen molar-refractivity contribution in [2.24, 2.45) is 5.92 Å². The van der Waals surface area contributed by atoms with Crippen LogP contribution in [0, 0.1) is 5.92 Å². The van der Waals surface area contributed by atoms with E-state index in [0.717, 1.165) is 44.5 Å². The molecule has 2 aliphatic heterocycles. The van der Waals surface area contributed by atoms with Gasteiger partial charge in [-0.2, -0.15) is 0 Å². The molecule has 1 saturated heterocycles. The number of unbranched alkanes of at least 4 members (excludes halogenated alkanes) is 1. The molecule has 2 N–H and O–H groups in total. The summed E-state index contributed by atoms with van der Waals surface area (Å²) in [5.74, 6) is -2.13. The van der Waals surface area contributed by atoms with Crippen LogP contribution in [0.2, 0.25) is 0 Å². The Kier molecular flexibility index (Phi) is 8.33. The summed E-state index contributed by atoms with van der Waals surface area (Å²) in [5.41, 5.74) is 4.82. The predicted molar refractivity (Wildman–Crippen MR) is 108 cm³/mol. The molecule has 154 valence electrons. The normalized spacial score (nSPS) is 21.3. The van der Waals surface area contributed by atoms with Gasteiger partial charge in [0.25, 0.3) is 5.92 Å². The molecule has 3 nitrogen and oxygen atoms in total. The van der Waals surface area contributed by atoms with E-state index >= 15 is 0 Å². The minimum atomic E-state index is -2.54. The van der Waals surface area contributed by atoms with Crippen LogP contribution in [0.4, 0.5) is 8.78 Å². The fraction of sp³-hybridized carbons (Fsp3) is 0.727. The molecule has 5 heteroatoms.